The third-order valence-corrected chi connectivity index (χ3v) is 9.22. The number of hydrogen-bond acceptors (Lipinski definition) is 3. The van der Waals surface area contributed by atoms with Gasteiger partial charge in [0.2, 0.25) is 0 Å². The lowest BCUT2D eigenvalue weighted by Crippen LogP contribution is -1.99. The molecule has 4 heteroatoms. The molecule has 3 nitrogen and oxygen atoms in total. The van der Waals surface area contributed by atoms with Crippen LogP contribution < -0.4 is 0 Å². The molecule has 0 fully saturated rings. The summed E-state index contributed by atoms with van der Waals surface area (Å²) in [6, 6.07) is 45.2. The number of fused-ring (bicyclic) bond motifs is 10. The largest absolute Gasteiger partial charge is 0.293 e. The van der Waals surface area contributed by atoms with Crippen molar-refractivity contribution >= 4 is 75.1 Å². The Bertz CT molecular complexity index is 2430. The summed E-state index contributed by atoms with van der Waals surface area (Å²) in [7, 11) is 0. The maximum Gasteiger partial charge on any atom is 0.138 e. The molecule has 0 spiro atoms. The Kier molecular flexibility index (Phi) is 4.48. The van der Waals surface area contributed by atoms with Gasteiger partial charge in [-0.05, 0) is 36.4 Å². The van der Waals surface area contributed by atoms with Gasteiger partial charge in [-0.2, -0.15) is 0 Å². The van der Waals surface area contributed by atoms with E-state index in [2.05, 4.69) is 114 Å². The van der Waals surface area contributed by atoms with Crippen molar-refractivity contribution < 1.29 is 0 Å². The second-order valence-electron chi connectivity index (χ2n) is 10.2. The second-order valence-corrected chi connectivity index (χ2v) is 11.3. The summed E-state index contributed by atoms with van der Waals surface area (Å²) in [5.74, 6) is 0.900. The molecule has 0 atom stereocenters. The van der Waals surface area contributed by atoms with Gasteiger partial charge < -0.3 is 0 Å². The number of para-hydroxylation sites is 1. The molecule has 0 radical (unpaired) electrons. The fraction of sp³-hybridized carbons (Fsp3) is 0. The van der Waals surface area contributed by atoms with Crippen LogP contribution in [0.3, 0.4) is 0 Å². The first kappa shape index (κ1) is 21.8. The topological polar surface area (TPSA) is 30.7 Å². The average Bonchev–Trinajstić information content (AvgIpc) is 3.57. The number of nitrogens with zero attached hydrogens (tertiary/aromatic N) is 3. The molecule has 0 unspecified atom stereocenters. The molecule has 0 aliphatic carbocycles. The van der Waals surface area contributed by atoms with Crippen molar-refractivity contribution in [2.24, 2.45) is 0 Å². The number of pyridine rings is 2. The molecule has 4 heterocycles. The molecule has 0 aliphatic heterocycles. The number of rotatable bonds is 2. The second kappa shape index (κ2) is 8.22. The van der Waals surface area contributed by atoms with Crippen LogP contribution in [0.1, 0.15) is 0 Å². The molecule has 9 aromatic rings. The molecule has 4 aromatic heterocycles. The van der Waals surface area contributed by atoms with E-state index in [1.807, 2.05) is 29.5 Å². The Morgan fingerprint density at radius 2 is 1.12 bits per heavy atom. The van der Waals surface area contributed by atoms with Crippen LogP contribution >= 0.6 is 11.3 Å². The highest BCUT2D eigenvalue weighted by molar-refractivity contribution is 7.26. The van der Waals surface area contributed by atoms with E-state index in [1.165, 1.54) is 47.2 Å². The van der Waals surface area contributed by atoms with Crippen LogP contribution in [0.5, 0.6) is 0 Å². The zero-order chi connectivity index (χ0) is 26.2. The van der Waals surface area contributed by atoms with Gasteiger partial charge in [-0.25, -0.2) is 9.97 Å². The summed E-state index contributed by atoms with van der Waals surface area (Å²) in [5.41, 5.74) is 6.19. The number of hydrogen-bond donors (Lipinski definition) is 0. The normalized spacial score (nSPS) is 12.0. The van der Waals surface area contributed by atoms with Gasteiger partial charge in [-0.15, -0.1) is 11.3 Å². The Hall–Kier alpha value is -5.06. The van der Waals surface area contributed by atoms with E-state index in [0.29, 0.717) is 0 Å². The number of thiophene rings is 1. The highest BCUT2D eigenvalue weighted by atomic mass is 32.1. The van der Waals surface area contributed by atoms with Crippen molar-refractivity contribution in [3.63, 3.8) is 0 Å². The highest BCUT2D eigenvalue weighted by Crippen LogP contribution is 2.42. The lowest BCUT2D eigenvalue weighted by Gasteiger charge is -2.11. The van der Waals surface area contributed by atoms with Crippen molar-refractivity contribution in [2.45, 2.75) is 0 Å². The van der Waals surface area contributed by atoms with Gasteiger partial charge in [0.1, 0.15) is 5.82 Å². The zero-order valence-electron chi connectivity index (χ0n) is 21.4. The summed E-state index contributed by atoms with van der Waals surface area (Å²) in [5, 5.41) is 7.64. The van der Waals surface area contributed by atoms with Crippen molar-refractivity contribution in [1.82, 2.24) is 14.5 Å². The average molecular weight is 528 g/mol. The van der Waals surface area contributed by atoms with Gasteiger partial charge >= 0.3 is 0 Å². The van der Waals surface area contributed by atoms with E-state index in [1.54, 1.807) is 0 Å². The van der Waals surface area contributed by atoms with Crippen LogP contribution in [0.4, 0.5) is 0 Å². The molecular formula is C36H21N3S. The zero-order valence-corrected chi connectivity index (χ0v) is 22.2. The van der Waals surface area contributed by atoms with E-state index in [-0.39, 0.29) is 0 Å². The van der Waals surface area contributed by atoms with Crippen LogP contribution in [0, 0.1) is 0 Å². The predicted molar refractivity (Wildman–Crippen MR) is 170 cm³/mol. The van der Waals surface area contributed by atoms with Crippen LogP contribution in [-0.4, -0.2) is 14.5 Å². The van der Waals surface area contributed by atoms with Crippen molar-refractivity contribution in [3.05, 3.63) is 127 Å². The van der Waals surface area contributed by atoms with Crippen LogP contribution in [0.15, 0.2) is 127 Å². The van der Waals surface area contributed by atoms with E-state index < -0.39 is 0 Å². The van der Waals surface area contributed by atoms with Crippen LogP contribution in [0.25, 0.3) is 80.9 Å². The van der Waals surface area contributed by atoms with Gasteiger partial charge in [-0.3, -0.25) is 4.57 Å². The SMILES string of the molecule is c1ccc(-c2ccc3nc(-n4c5ccccc5c5ccc6c(ccc7c8ccccc8sc76)c54)ccc3n2)cc1. The third-order valence-electron chi connectivity index (χ3n) is 8.00. The van der Waals surface area contributed by atoms with Crippen LogP contribution in [-0.2, 0) is 0 Å². The van der Waals surface area contributed by atoms with E-state index >= 15 is 0 Å². The van der Waals surface area contributed by atoms with Gasteiger partial charge in [0.25, 0.3) is 0 Å². The Morgan fingerprint density at radius 3 is 2.00 bits per heavy atom. The summed E-state index contributed by atoms with van der Waals surface area (Å²) in [6.45, 7) is 0. The molecule has 0 aliphatic rings. The van der Waals surface area contributed by atoms with Crippen molar-refractivity contribution in [2.75, 3.05) is 0 Å². The number of aromatic nitrogens is 3. The van der Waals surface area contributed by atoms with E-state index in [9.17, 15) is 0 Å². The molecule has 5 aromatic carbocycles. The fourth-order valence-electron chi connectivity index (χ4n) is 6.18. The maximum absolute atomic E-state index is 5.16. The first-order valence-corrected chi connectivity index (χ1v) is 14.2. The molecule has 0 saturated heterocycles. The van der Waals surface area contributed by atoms with Gasteiger partial charge in [0.15, 0.2) is 0 Å². The lowest BCUT2D eigenvalue weighted by atomic mass is 10.0. The summed E-state index contributed by atoms with van der Waals surface area (Å²) < 4.78 is 4.99. The Balaban J connectivity index is 1.34. The predicted octanol–water partition coefficient (Wildman–Crippen LogP) is 9.91. The van der Waals surface area contributed by atoms with Crippen molar-refractivity contribution in [3.8, 4) is 17.1 Å². The minimum absolute atomic E-state index is 0.884. The fourth-order valence-corrected chi connectivity index (χ4v) is 7.41. The standard InChI is InChI=1S/C36H21N3S/c1-2-8-22(9-3-1)29-18-19-31-30(37-29)20-21-34(38-31)39-32-12-6-4-10-23(32)25-14-17-28-26(35(25)39)15-16-27-24-11-5-7-13-33(24)40-36(27)28/h1-21H. The lowest BCUT2D eigenvalue weighted by molar-refractivity contribution is 1.10. The quantitative estimate of drug-likeness (QED) is 0.224. The molecule has 9 rings (SSSR count). The molecule has 40 heavy (non-hydrogen) atoms. The van der Waals surface area contributed by atoms with Gasteiger partial charge in [0, 0.05) is 47.3 Å². The molecule has 0 amide bonds. The van der Waals surface area contributed by atoms with Crippen molar-refractivity contribution in [1.29, 1.82) is 0 Å². The Labute approximate surface area is 233 Å². The molecular weight excluding hydrogens is 506 g/mol. The van der Waals surface area contributed by atoms with Crippen LogP contribution in [0.2, 0.25) is 0 Å². The Morgan fingerprint density at radius 1 is 0.475 bits per heavy atom. The molecule has 186 valence electrons. The van der Waals surface area contributed by atoms with Gasteiger partial charge in [-0.1, -0.05) is 91.0 Å². The summed E-state index contributed by atoms with van der Waals surface area (Å²) in [6.07, 6.45) is 0. The molecule has 0 bridgehead atoms. The minimum atomic E-state index is 0.884. The smallest absolute Gasteiger partial charge is 0.138 e. The maximum atomic E-state index is 5.16. The first-order valence-electron chi connectivity index (χ1n) is 13.4. The van der Waals surface area contributed by atoms with Gasteiger partial charge in [0.05, 0.1) is 27.8 Å². The third kappa shape index (κ3) is 3.05. The first-order chi connectivity index (χ1) is 19.8. The molecule has 0 N–H and O–H groups in total. The minimum Gasteiger partial charge on any atom is -0.293 e. The van der Waals surface area contributed by atoms with E-state index in [4.69, 9.17) is 9.97 Å². The number of benzene rings is 5. The summed E-state index contributed by atoms with van der Waals surface area (Å²) in [4.78, 5) is 10.1. The molecule has 0 saturated carbocycles. The monoisotopic (exact) mass is 527 g/mol. The highest BCUT2D eigenvalue weighted by Gasteiger charge is 2.18. The van der Waals surface area contributed by atoms with E-state index in [0.717, 1.165) is 33.6 Å². The summed E-state index contributed by atoms with van der Waals surface area (Å²) >= 11 is 1.88.